The summed E-state index contributed by atoms with van der Waals surface area (Å²) in [4.78, 5) is 15.7. The highest BCUT2D eigenvalue weighted by atomic mass is 32.1. The molecule has 0 unspecified atom stereocenters. The van der Waals surface area contributed by atoms with E-state index in [4.69, 9.17) is 4.74 Å². The number of ether oxygens (including phenoxy) is 2. The number of carbonyl (C=O) groups excluding carboxylic acids is 1. The van der Waals surface area contributed by atoms with Gasteiger partial charge in [-0.3, -0.25) is 0 Å². The number of carbonyl (C=O) groups is 1. The molecule has 5 nitrogen and oxygen atoms in total. The number of aromatic nitrogens is 2. The van der Waals surface area contributed by atoms with E-state index in [1.807, 2.05) is 20.8 Å². The summed E-state index contributed by atoms with van der Waals surface area (Å²) < 4.78 is 14.5. The van der Waals surface area contributed by atoms with Crippen LogP contribution < -0.4 is 4.74 Å². The molecule has 0 radical (unpaired) electrons. The van der Waals surface area contributed by atoms with Crippen LogP contribution in [0.15, 0.2) is 24.3 Å². The molecule has 0 aliphatic carbocycles. The second-order valence-corrected chi connectivity index (χ2v) is 5.97. The van der Waals surface area contributed by atoms with Crippen LogP contribution in [0.4, 0.5) is 0 Å². The first kappa shape index (κ1) is 14.5. The van der Waals surface area contributed by atoms with Crippen LogP contribution in [-0.2, 0) is 10.2 Å². The van der Waals surface area contributed by atoms with Crippen molar-refractivity contribution < 1.29 is 14.3 Å². The van der Waals surface area contributed by atoms with Gasteiger partial charge in [0.25, 0.3) is 5.19 Å². The highest BCUT2D eigenvalue weighted by molar-refractivity contribution is 7.07. The standard InChI is InChI=1S/C14H16N2O3S/c1-14(2,3)12-15-13(20-16-12)19-10-7-5-9(6-8-10)11(17)18-4/h5-8H,1-4H3. The first-order valence-corrected chi connectivity index (χ1v) is 6.88. The van der Waals surface area contributed by atoms with E-state index in [-0.39, 0.29) is 11.4 Å². The van der Waals surface area contributed by atoms with Crippen molar-refractivity contribution in [3.8, 4) is 10.9 Å². The molecule has 0 atom stereocenters. The van der Waals surface area contributed by atoms with Crippen LogP contribution in [-0.4, -0.2) is 22.4 Å². The van der Waals surface area contributed by atoms with Crippen molar-refractivity contribution >= 4 is 17.5 Å². The molecule has 0 amide bonds. The van der Waals surface area contributed by atoms with Crippen molar-refractivity contribution in [2.75, 3.05) is 7.11 Å². The average Bonchev–Trinajstić information content (AvgIpc) is 2.87. The molecule has 1 aromatic carbocycles. The topological polar surface area (TPSA) is 61.3 Å². The predicted molar refractivity (Wildman–Crippen MR) is 76.5 cm³/mol. The van der Waals surface area contributed by atoms with Gasteiger partial charge >= 0.3 is 5.97 Å². The second kappa shape index (κ2) is 5.58. The number of rotatable bonds is 3. The van der Waals surface area contributed by atoms with Gasteiger partial charge in [-0.2, -0.15) is 9.36 Å². The molecule has 1 heterocycles. The monoisotopic (exact) mass is 292 g/mol. The lowest BCUT2D eigenvalue weighted by molar-refractivity contribution is 0.0600. The maximum Gasteiger partial charge on any atom is 0.337 e. The lowest BCUT2D eigenvalue weighted by atomic mass is 9.96. The number of hydrogen-bond acceptors (Lipinski definition) is 6. The first-order chi connectivity index (χ1) is 9.40. The van der Waals surface area contributed by atoms with Gasteiger partial charge in [0.2, 0.25) is 0 Å². The van der Waals surface area contributed by atoms with Crippen LogP contribution in [0.1, 0.15) is 37.0 Å². The third-order valence-electron chi connectivity index (χ3n) is 2.56. The number of hydrogen-bond donors (Lipinski definition) is 0. The van der Waals surface area contributed by atoms with Crippen LogP contribution in [0.5, 0.6) is 10.9 Å². The lowest BCUT2D eigenvalue weighted by Crippen LogP contribution is -2.12. The van der Waals surface area contributed by atoms with Crippen LogP contribution in [0.2, 0.25) is 0 Å². The third kappa shape index (κ3) is 3.33. The summed E-state index contributed by atoms with van der Waals surface area (Å²) in [6.45, 7) is 6.14. The summed E-state index contributed by atoms with van der Waals surface area (Å²) in [5.41, 5.74) is 0.375. The highest BCUT2D eigenvalue weighted by Crippen LogP contribution is 2.28. The Morgan fingerprint density at radius 3 is 2.35 bits per heavy atom. The smallest absolute Gasteiger partial charge is 0.337 e. The molecule has 2 rings (SSSR count). The molecule has 0 saturated heterocycles. The molecular formula is C14H16N2O3S. The van der Waals surface area contributed by atoms with E-state index < -0.39 is 0 Å². The fourth-order valence-corrected chi connectivity index (χ4v) is 2.17. The van der Waals surface area contributed by atoms with Crippen molar-refractivity contribution in [3.63, 3.8) is 0 Å². The molecule has 2 aromatic rings. The Morgan fingerprint density at radius 1 is 1.20 bits per heavy atom. The zero-order valence-corrected chi connectivity index (χ0v) is 12.7. The van der Waals surface area contributed by atoms with Gasteiger partial charge in [-0.25, -0.2) is 4.79 Å². The minimum absolute atomic E-state index is 0.104. The van der Waals surface area contributed by atoms with Crippen molar-refractivity contribution in [1.29, 1.82) is 0 Å². The predicted octanol–water partition coefficient (Wildman–Crippen LogP) is 3.41. The van der Waals surface area contributed by atoms with E-state index >= 15 is 0 Å². The minimum Gasteiger partial charge on any atom is -0.465 e. The summed E-state index contributed by atoms with van der Waals surface area (Å²) in [6, 6.07) is 6.69. The van der Waals surface area contributed by atoms with Crippen LogP contribution in [0.25, 0.3) is 0 Å². The molecule has 0 bridgehead atoms. The zero-order chi connectivity index (χ0) is 14.8. The Hall–Kier alpha value is -1.95. The van der Waals surface area contributed by atoms with Gasteiger partial charge in [-0.1, -0.05) is 20.8 Å². The van der Waals surface area contributed by atoms with Crippen LogP contribution in [0, 0.1) is 0 Å². The largest absolute Gasteiger partial charge is 0.465 e. The quantitative estimate of drug-likeness (QED) is 0.811. The summed E-state index contributed by atoms with van der Waals surface area (Å²) in [5, 5.41) is 0.487. The lowest BCUT2D eigenvalue weighted by Gasteiger charge is -2.11. The number of nitrogens with zero attached hydrogens (tertiary/aromatic N) is 2. The van der Waals surface area contributed by atoms with Crippen LogP contribution >= 0.6 is 11.5 Å². The highest BCUT2D eigenvalue weighted by Gasteiger charge is 2.20. The van der Waals surface area contributed by atoms with E-state index in [1.54, 1.807) is 24.3 Å². The minimum atomic E-state index is -0.373. The van der Waals surface area contributed by atoms with Gasteiger partial charge in [0.1, 0.15) is 5.75 Å². The molecule has 0 saturated carbocycles. The number of esters is 1. The Balaban J connectivity index is 2.10. The zero-order valence-electron chi connectivity index (χ0n) is 11.8. The first-order valence-electron chi connectivity index (χ1n) is 6.10. The molecule has 20 heavy (non-hydrogen) atoms. The van der Waals surface area contributed by atoms with E-state index in [1.165, 1.54) is 18.6 Å². The fourth-order valence-electron chi connectivity index (χ4n) is 1.43. The summed E-state index contributed by atoms with van der Waals surface area (Å²) in [7, 11) is 1.35. The summed E-state index contributed by atoms with van der Waals surface area (Å²) >= 11 is 1.21. The Labute approximate surface area is 121 Å². The second-order valence-electron chi connectivity index (χ2n) is 5.25. The molecular weight excluding hydrogens is 276 g/mol. The maximum absolute atomic E-state index is 11.3. The van der Waals surface area contributed by atoms with Gasteiger partial charge in [0.05, 0.1) is 12.7 Å². The van der Waals surface area contributed by atoms with Gasteiger partial charge in [-0.05, 0) is 24.3 Å². The van der Waals surface area contributed by atoms with Crippen molar-refractivity contribution in [1.82, 2.24) is 9.36 Å². The third-order valence-corrected chi connectivity index (χ3v) is 3.15. The van der Waals surface area contributed by atoms with Gasteiger partial charge in [0.15, 0.2) is 5.82 Å². The molecule has 6 heteroatoms. The molecule has 0 spiro atoms. The number of methoxy groups -OCH3 is 1. The normalized spacial score (nSPS) is 11.2. The van der Waals surface area contributed by atoms with E-state index in [0.717, 1.165) is 5.82 Å². The van der Waals surface area contributed by atoms with E-state index in [2.05, 4.69) is 14.1 Å². The van der Waals surface area contributed by atoms with Crippen molar-refractivity contribution in [3.05, 3.63) is 35.7 Å². The summed E-state index contributed by atoms with van der Waals surface area (Å²) in [5.74, 6) is 0.987. The molecule has 106 valence electrons. The van der Waals surface area contributed by atoms with Crippen molar-refractivity contribution in [2.45, 2.75) is 26.2 Å². The van der Waals surface area contributed by atoms with Crippen molar-refractivity contribution in [2.24, 2.45) is 0 Å². The maximum atomic E-state index is 11.3. The molecule has 0 aliphatic rings. The Kier molecular flexibility index (Phi) is 4.04. The van der Waals surface area contributed by atoms with Gasteiger partial charge < -0.3 is 9.47 Å². The Bertz CT molecular complexity index is 600. The fraction of sp³-hybridized carbons (Fsp3) is 0.357. The van der Waals surface area contributed by atoms with E-state index in [9.17, 15) is 4.79 Å². The summed E-state index contributed by atoms with van der Waals surface area (Å²) in [6.07, 6.45) is 0. The SMILES string of the molecule is COC(=O)c1ccc(Oc2nc(C(C)(C)C)ns2)cc1. The molecule has 0 fully saturated rings. The van der Waals surface area contributed by atoms with Gasteiger partial charge in [-0.15, -0.1) is 0 Å². The molecule has 0 aliphatic heterocycles. The van der Waals surface area contributed by atoms with E-state index in [0.29, 0.717) is 16.5 Å². The number of benzene rings is 1. The molecule has 0 N–H and O–H groups in total. The average molecular weight is 292 g/mol. The van der Waals surface area contributed by atoms with Crippen LogP contribution in [0.3, 0.4) is 0 Å². The van der Waals surface area contributed by atoms with Gasteiger partial charge in [0, 0.05) is 16.9 Å². The Morgan fingerprint density at radius 2 is 1.85 bits per heavy atom. The molecule has 1 aromatic heterocycles.